The van der Waals surface area contributed by atoms with Crippen molar-refractivity contribution in [3.8, 4) is 0 Å². The third-order valence-corrected chi connectivity index (χ3v) is 2.22. The fourth-order valence-electron chi connectivity index (χ4n) is 1.20. The van der Waals surface area contributed by atoms with Crippen LogP contribution < -0.4 is 5.32 Å². The van der Waals surface area contributed by atoms with Crippen molar-refractivity contribution in [3.05, 3.63) is 35.2 Å². The highest BCUT2D eigenvalue weighted by Gasteiger charge is 2.06. The van der Waals surface area contributed by atoms with E-state index in [2.05, 4.69) is 25.7 Å². The van der Waals surface area contributed by atoms with E-state index in [-0.39, 0.29) is 6.04 Å². The minimum atomic E-state index is 0.124. The molecule has 5 nitrogen and oxygen atoms in total. The molecule has 1 unspecified atom stereocenters. The molecule has 0 saturated heterocycles. The lowest BCUT2D eigenvalue weighted by Gasteiger charge is -2.11. The Kier molecular flexibility index (Phi) is 2.82. The van der Waals surface area contributed by atoms with Crippen molar-refractivity contribution < 1.29 is 0 Å². The Morgan fingerprint density at radius 3 is 2.87 bits per heavy atom. The van der Waals surface area contributed by atoms with Gasteiger partial charge in [0.1, 0.15) is 5.82 Å². The summed E-state index contributed by atoms with van der Waals surface area (Å²) in [7, 11) is 0. The standard InChI is InChI=1S/C9H10ClN5/c1-6(7-4-11-12-5-7)13-9-3-2-8(10)14-15-9/h2-6H,1H3,(H,11,12)(H,13,15). The number of aromatic amines is 1. The van der Waals surface area contributed by atoms with Crippen LogP contribution in [-0.2, 0) is 0 Å². The van der Waals surface area contributed by atoms with Gasteiger partial charge in [-0.2, -0.15) is 5.10 Å². The average Bonchev–Trinajstić information content (AvgIpc) is 2.74. The Morgan fingerprint density at radius 1 is 1.40 bits per heavy atom. The summed E-state index contributed by atoms with van der Waals surface area (Å²) < 4.78 is 0. The molecule has 0 aliphatic carbocycles. The van der Waals surface area contributed by atoms with E-state index in [0.717, 1.165) is 5.56 Å². The predicted molar refractivity (Wildman–Crippen MR) is 57.7 cm³/mol. The van der Waals surface area contributed by atoms with Gasteiger partial charge < -0.3 is 5.32 Å². The van der Waals surface area contributed by atoms with Gasteiger partial charge in [-0.1, -0.05) is 11.6 Å². The highest BCUT2D eigenvalue weighted by molar-refractivity contribution is 6.29. The van der Waals surface area contributed by atoms with Crippen LogP contribution in [0.5, 0.6) is 0 Å². The molecule has 2 aromatic rings. The van der Waals surface area contributed by atoms with Crippen LogP contribution in [0.3, 0.4) is 0 Å². The van der Waals surface area contributed by atoms with Crippen molar-refractivity contribution in [3.63, 3.8) is 0 Å². The fraction of sp³-hybridized carbons (Fsp3) is 0.222. The first-order valence-electron chi connectivity index (χ1n) is 4.50. The van der Waals surface area contributed by atoms with Crippen LogP contribution in [0.1, 0.15) is 18.5 Å². The molecule has 0 aliphatic heterocycles. The third kappa shape index (κ3) is 2.44. The summed E-state index contributed by atoms with van der Waals surface area (Å²) >= 11 is 5.63. The minimum absolute atomic E-state index is 0.124. The SMILES string of the molecule is CC(Nc1ccc(Cl)nn1)c1cn[nH]c1. The molecule has 1 atom stereocenters. The average molecular weight is 224 g/mol. The zero-order chi connectivity index (χ0) is 10.7. The second-order valence-electron chi connectivity index (χ2n) is 3.14. The lowest BCUT2D eigenvalue weighted by molar-refractivity contribution is 0.861. The number of anilines is 1. The van der Waals surface area contributed by atoms with Crippen LogP contribution in [0, 0.1) is 0 Å². The highest BCUT2D eigenvalue weighted by Crippen LogP contribution is 2.16. The second-order valence-corrected chi connectivity index (χ2v) is 3.53. The molecule has 2 rings (SSSR count). The molecule has 0 aliphatic rings. The zero-order valence-electron chi connectivity index (χ0n) is 8.11. The van der Waals surface area contributed by atoms with Crippen LogP contribution in [0.25, 0.3) is 0 Å². The largest absolute Gasteiger partial charge is 0.362 e. The van der Waals surface area contributed by atoms with Gasteiger partial charge in [0.15, 0.2) is 5.15 Å². The molecule has 0 aromatic carbocycles. The summed E-state index contributed by atoms with van der Waals surface area (Å²) in [6.07, 6.45) is 3.60. The lowest BCUT2D eigenvalue weighted by Crippen LogP contribution is -2.07. The lowest BCUT2D eigenvalue weighted by atomic mass is 10.2. The van der Waals surface area contributed by atoms with Gasteiger partial charge in [-0.3, -0.25) is 5.10 Å². The van der Waals surface area contributed by atoms with Crippen molar-refractivity contribution in [1.29, 1.82) is 0 Å². The molecule has 2 heterocycles. The Morgan fingerprint density at radius 2 is 2.27 bits per heavy atom. The van der Waals surface area contributed by atoms with E-state index in [4.69, 9.17) is 11.6 Å². The number of halogens is 1. The first kappa shape index (κ1) is 9.92. The van der Waals surface area contributed by atoms with Gasteiger partial charge in [0.05, 0.1) is 12.2 Å². The van der Waals surface area contributed by atoms with Gasteiger partial charge in [0.25, 0.3) is 0 Å². The first-order valence-corrected chi connectivity index (χ1v) is 4.88. The summed E-state index contributed by atoms with van der Waals surface area (Å²) in [6.45, 7) is 2.02. The van der Waals surface area contributed by atoms with Crippen LogP contribution in [-0.4, -0.2) is 20.4 Å². The molecular weight excluding hydrogens is 214 g/mol. The van der Waals surface area contributed by atoms with Gasteiger partial charge in [0, 0.05) is 11.8 Å². The molecule has 78 valence electrons. The Balaban J connectivity index is 2.06. The number of hydrogen-bond donors (Lipinski definition) is 2. The van der Waals surface area contributed by atoms with Gasteiger partial charge in [-0.25, -0.2) is 0 Å². The summed E-state index contributed by atoms with van der Waals surface area (Å²) in [5.74, 6) is 0.688. The molecule has 2 N–H and O–H groups in total. The van der Waals surface area contributed by atoms with E-state index in [0.29, 0.717) is 11.0 Å². The van der Waals surface area contributed by atoms with Crippen LogP contribution in [0.2, 0.25) is 5.15 Å². The smallest absolute Gasteiger partial charge is 0.151 e. The summed E-state index contributed by atoms with van der Waals surface area (Å²) in [6, 6.07) is 3.60. The molecule has 0 saturated carbocycles. The number of H-pyrrole nitrogens is 1. The minimum Gasteiger partial charge on any atom is -0.362 e. The first-order chi connectivity index (χ1) is 7.25. The quantitative estimate of drug-likeness (QED) is 0.836. The molecule has 15 heavy (non-hydrogen) atoms. The van der Waals surface area contributed by atoms with Crippen molar-refractivity contribution in [1.82, 2.24) is 20.4 Å². The third-order valence-electron chi connectivity index (χ3n) is 2.02. The summed E-state index contributed by atoms with van der Waals surface area (Å²) in [4.78, 5) is 0. The summed E-state index contributed by atoms with van der Waals surface area (Å²) in [5, 5.41) is 17.8. The molecule has 2 aromatic heterocycles. The van der Waals surface area contributed by atoms with Crippen molar-refractivity contribution >= 4 is 17.4 Å². The van der Waals surface area contributed by atoms with E-state index < -0.39 is 0 Å². The van der Waals surface area contributed by atoms with Gasteiger partial charge >= 0.3 is 0 Å². The maximum atomic E-state index is 5.63. The van der Waals surface area contributed by atoms with E-state index in [1.165, 1.54) is 0 Å². The van der Waals surface area contributed by atoms with E-state index >= 15 is 0 Å². The van der Waals surface area contributed by atoms with Gasteiger partial charge in [0.2, 0.25) is 0 Å². The van der Waals surface area contributed by atoms with Crippen molar-refractivity contribution in [2.75, 3.05) is 5.32 Å². The highest BCUT2D eigenvalue weighted by atomic mass is 35.5. The molecule has 0 radical (unpaired) electrons. The molecule has 0 fully saturated rings. The topological polar surface area (TPSA) is 66.5 Å². The van der Waals surface area contributed by atoms with E-state index in [9.17, 15) is 0 Å². The van der Waals surface area contributed by atoms with Gasteiger partial charge in [-0.15, -0.1) is 10.2 Å². The fourth-order valence-corrected chi connectivity index (χ4v) is 1.30. The number of nitrogens with zero attached hydrogens (tertiary/aromatic N) is 3. The van der Waals surface area contributed by atoms with E-state index in [1.807, 2.05) is 13.1 Å². The van der Waals surface area contributed by atoms with Crippen molar-refractivity contribution in [2.45, 2.75) is 13.0 Å². The monoisotopic (exact) mass is 223 g/mol. The Hall–Kier alpha value is -1.62. The van der Waals surface area contributed by atoms with Crippen LogP contribution in [0.4, 0.5) is 5.82 Å². The predicted octanol–water partition coefficient (Wildman–Crippen LogP) is 2.03. The number of aromatic nitrogens is 4. The number of rotatable bonds is 3. The van der Waals surface area contributed by atoms with E-state index in [1.54, 1.807) is 18.3 Å². The maximum absolute atomic E-state index is 5.63. The summed E-state index contributed by atoms with van der Waals surface area (Å²) in [5.41, 5.74) is 1.06. The normalized spacial score (nSPS) is 12.4. The van der Waals surface area contributed by atoms with Crippen molar-refractivity contribution in [2.24, 2.45) is 0 Å². The van der Waals surface area contributed by atoms with Crippen LogP contribution >= 0.6 is 11.6 Å². The zero-order valence-corrected chi connectivity index (χ0v) is 8.86. The molecule has 6 heteroatoms. The van der Waals surface area contributed by atoms with Crippen LogP contribution in [0.15, 0.2) is 24.5 Å². The number of hydrogen-bond acceptors (Lipinski definition) is 4. The molecular formula is C9H10ClN5. The molecule has 0 amide bonds. The maximum Gasteiger partial charge on any atom is 0.151 e. The molecule has 0 bridgehead atoms. The Labute approximate surface area is 91.9 Å². The Bertz CT molecular complexity index is 411. The second kappa shape index (κ2) is 4.27. The van der Waals surface area contributed by atoms with Gasteiger partial charge in [-0.05, 0) is 19.1 Å². The number of nitrogens with one attached hydrogen (secondary N) is 2. The molecule has 0 spiro atoms.